The molecule has 8 rings (SSSR count). The molecule has 1 atom stereocenters. The molecular formula is C41H35N. The van der Waals surface area contributed by atoms with Crippen LogP contribution in [0.25, 0.3) is 44.5 Å². The van der Waals surface area contributed by atoms with Crippen molar-refractivity contribution in [1.82, 2.24) is 5.32 Å². The fourth-order valence-electron chi connectivity index (χ4n) is 7.64. The Morgan fingerprint density at radius 1 is 0.476 bits per heavy atom. The van der Waals surface area contributed by atoms with E-state index < -0.39 is 0 Å². The van der Waals surface area contributed by atoms with Crippen LogP contribution in [0.3, 0.4) is 0 Å². The fourth-order valence-corrected chi connectivity index (χ4v) is 7.64. The minimum atomic E-state index is -0.0937. The molecule has 1 unspecified atom stereocenters. The summed E-state index contributed by atoms with van der Waals surface area (Å²) in [7, 11) is 0. The number of fused-ring (bicyclic) bond motifs is 6. The highest BCUT2D eigenvalue weighted by Gasteiger charge is 2.37. The van der Waals surface area contributed by atoms with E-state index in [1.165, 1.54) is 72.3 Å². The maximum Gasteiger partial charge on any atom is 0.0701 e. The molecule has 5 aromatic rings. The van der Waals surface area contributed by atoms with Crippen LogP contribution in [0.15, 0.2) is 128 Å². The maximum absolute atomic E-state index is 3.51. The van der Waals surface area contributed by atoms with Gasteiger partial charge in [0.25, 0.3) is 0 Å². The van der Waals surface area contributed by atoms with Crippen LogP contribution < -0.4 is 5.32 Å². The first-order chi connectivity index (χ1) is 20.3. The molecule has 0 bridgehead atoms. The van der Waals surface area contributed by atoms with E-state index in [0.717, 1.165) is 0 Å². The number of hydrogen-bond donors (Lipinski definition) is 1. The Labute approximate surface area is 249 Å². The maximum atomic E-state index is 3.51. The molecule has 0 aromatic heterocycles. The summed E-state index contributed by atoms with van der Waals surface area (Å²) in [5.74, 6) is 0. The largest absolute Gasteiger partial charge is 0.381 e. The Morgan fingerprint density at radius 2 is 0.976 bits per heavy atom. The van der Waals surface area contributed by atoms with E-state index >= 15 is 0 Å². The van der Waals surface area contributed by atoms with Crippen molar-refractivity contribution in [3.8, 4) is 44.5 Å². The monoisotopic (exact) mass is 541 g/mol. The van der Waals surface area contributed by atoms with E-state index in [4.69, 9.17) is 0 Å². The summed E-state index contributed by atoms with van der Waals surface area (Å²) in [6.07, 6.45) is 8.43. The van der Waals surface area contributed by atoms with Crippen LogP contribution in [0, 0.1) is 0 Å². The number of rotatable bonds is 3. The third-order valence-corrected chi connectivity index (χ3v) is 9.99. The standard InChI is InChI=1S/C41H35N/c1-40(2)35-14-8-7-12-30(35)31-19-16-26(23-36(31)40)27-17-20-32-33-21-18-28(25-38(33)41(3,4)37(32)24-27)29-11-5-6-13-34(29)39-15-9-10-22-42-39/h5-25,39,42H,1-4H3. The first-order valence-corrected chi connectivity index (χ1v) is 15.1. The van der Waals surface area contributed by atoms with Crippen LogP contribution in [0.5, 0.6) is 0 Å². The van der Waals surface area contributed by atoms with Gasteiger partial charge in [-0.1, -0.05) is 125 Å². The van der Waals surface area contributed by atoms with E-state index in [2.05, 4.69) is 148 Å². The molecule has 1 N–H and O–H groups in total. The van der Waals surface area contributed by atoms with Crippen molar-refractivity contribution < 1.29 is 0 Å². The molecular weight excluding hydrogens is 506 g/mol. The van der Waals surface area contributed by atoms with Crippen molar-refractivity contribution in [2.24, 2.45) is 0 Å². The zero-order chi connectivity index (χ0) is 28.6. The third kappa shape index (κ3) is 3.56. The van der Waals surface area contributed by atoms with Gasteiger partial charge in [-0.3, -0.25) is 0 Å². The average Bonchev–Trinajstić information content (AvgIpc) is 3.40. The summed E-state index contributed by atoms with van der Waals surface area (Å²) in [6.45, 7) is 9.49. The lowest BCUT2D eigenvalue weighted by Gasteiger charge is -2.24. The van der Waals surface area contributed by atoms with Crippen LogP contribution in [0.4, 0.5) is 0 Å². The molecule has 1 nitrogen and oxygen atoms in total. The van der Waals surface area contributed by atoms with Crippen molar-refractivity contribution in [3.05, 3.63) is 155 Å². The molecule has 42 heavy (non-hydrogen) atoms. The van der Waals surface area contributed by atoms with Gasteiger partial charge in [-0.25, -0.2) is 0 Å². The lowest BCUT2D eigenvalue weighted by Crippen LogP contribution is -2.16. The first kappa shape index (κ1) is 25.1. The molecule has 0 radical (unpaired) electrons. The number of dihydropyridines is 1. The van der Waals surface area contributed by atoms with Crippen LogP contribution in [0.1, 0.15) is 61.6 Å². The molecule has 0 saturated carbocycles. The predicted molar refractivity (Wildman–Crippen MR) is 177 cm³/mol. The van der Waals surface area contributed by atoms with Crippen LogP contribution in [-0.2, 0) is 10.8 Å². The number of benzene rings is 5. The molecule has 0 amide bonds. The molecule has 0 spiro atoms. The van der Waals surface area contributed by atoms with Crippen molar-refractivity contribution in [2.45, 2.75) is 44.6 Å². The fraction of sp³-hybridized carbons (Fsp3) is 0.171. The van der Waals surface area contributed by atoms with E-state index in [1.807, 2.05) is 12.3 Å². The predicted octanol–water partition coefficient (Wildman–Crippen LogP) is 10.3. The van der Waals surface area contributed by atoms with Gasteiger partial charge in [-0.2, -0.15) is 0 Å². The number of nitrogens with one attached hydrogen (secondary N) is 1. The highest BCUT2D eigenvalue weighted by atomic mass is 14.9. The quantitative estimate of drug-likeness (QED) is 0.240. The molecule has 1 aliphatic heterocycles. The summed E-state index contributed by atoms with van der Waals surface area (Å²) in [5, 5.41) is 3.51. The molecule has 2 aliphatic carbocycles. The molecule has 0 saturated heterocycles. The second kappa shape index (κ2) is 8.94. The molecule has 0 fully saturated rings. The Kier molecular flexibility index (Phi) is 5.35. The highest BCUT2D eigenvalue weighted by molar-refractivity contribution is 5.88. The Morgan fingerprint density at radius 3 is 1.60 bits per heavy atom. The SMILES string of the molecule is CC1(C)c2ccccc2-c2ccc(-c3ccc4c(c3)C(C)(C)c3cc(-c5ccccc5C5C=CC=CN5)ccc3-4)cc21. The summed E-state index contributed by atoms with van der Waals surface area (Å²) in [6, 6.07) is 39.1. The second-order valence-corrected chi connectivity index (χ2v) is 13.1. The summed E-state index contributed by atoms with van der Waals surface area (Å²) in [5.41, 5.74) is 17.5. The Bertz CT molecular complexity index is 1970. The Hall–Kier alpha value is -4.62. The van der Waals surface area contributed by atoms with Crippen LogP contribution in [0.2, 0.25) is 0 Å². The number of hydrogen-bond acceptors (Lipinski definition) is 1. The molecule has 5 aromatic carbocycles. The van der Waals surface area contributed by atoms with Crippen LogP contribution in [-0.4, -0.2) is 0 Å². The van der Waals surface area contributed by atoms with Gasteiger partial charge in [-0.05, 0) is 103 Å². The van der Waals surface area contributed by atoms with E-state index in [0.29, 0.717) is 0 Å². The number of allylic oxidation sites excluding steroid dienone is 2. The summed E-state index contributed by atoms with van der Waals surface area (Å²) < 4.78 is 0. The Balaban J connectivity index is 1.19. The van der Waals surface area contributed by atoms with Gasteiger partial charge in [0, 0.05) is 10.8 Å². The van der Waals surface area contributed by atoms with Crippen molar-refractivity contribution in [1.29, 1.82) is 0 Å². The van der Waals surface area contributed by atoms with Gasteiger partial charge < -0.3 is 5.32 Å². The van der Waals surface area contributed by atoms with E-state index in [9.17, 15) is 0 Å². The van der Waals surface area contributed by atoms with Gasteiger partial charge in [0.1, 0.15) is 0 Å². The normalized spacial score (nSPS) is 18.1. The molecule has 1 heterocycles. The first-order valence-electron chi connectivity index (χ1n) is 15.1. The minimum Gasteiger partial charge on any atom is -0.381 e. The van der Waals surface area contributed by atoms with Gasteiger partial charge in [0.15, 0.2) is 0 Å². The van der Waals surface area contributed by atoms with E-state index in [-0.39, 0.29) is 16.9 Å². The van der Waals surface area contributed by atoms with Crippen molar-refractivity contribution in [3.63, 3.8) is 0 Å². The van der Waals surface area contributed by atoms with Gasteiger partial charge in [-0.15, -0.1) is 0 Å². The van der Waals surface area contributed by atoms with Gasteiger partial charge in [0.05, 0.1) is 6.04 Å². The lowest BCUT2D eigenvalue weighted by molar-refractivity contribution is 0.659. The van der Waals surface area contributed by atoms with Gasteiger partial charge in [0.2, 0.25) is 0 Å². The zero-order valence-corrected chi connectivity index (χ0v) is 24.7. The van der Waals surface area contributed by atoms with Crippen molar-refractivity contribution in [2.75, 3.05) is 0 Å². The zero-order valence-electron chi connectivity index (χ0n) is 24.7. The van der Waals surface area contributed by atoms with E-state index in [1.54, 1.807) is 0 Å². The molecule has 3 aliphatic rings. The smallest absolute Gasteiger partial charge is 0.0701 e. The van der Waals surface area contributed by atoms with Crippen LogP contribution >= 0.6 is 0 Å². The topological polar surface area (TPSA) is 12.0 Å². The molecule has 204 valence electrons. The summed E-state index contributed by atoms with van der Waals surface area (Å²) in [4.78, 5) is 0. The summed E-state index contributed by atoms with van der Waals surface area (Å²) >= 11 is 0. The van der Waals surface area contributed by atoms with Crippen molar-refractivity contribution >= 4 is 0 Å². The second-order valence-electron chi connectivity index (χ2n) is 13.1. The average molecular weight is 542 g/mol. The molecule has 1 heteroatoms. The highest BCUT2D eigenvalue weighted by Crippen LogP contribution is 2.52. The van der Waals surface area contributed by atoms with Gasteiger partial charge >= 0.3 is 0 Å². The third-order valence-electron chi connectivity index (χ3n) is 9.99. The minimum absolute atomic E-state index is 0.0000872. The lowest BCUT2D eigenvalue weighted by atomic mass is 9.79.